The molecular weight excluding hydrogens is 274 g/mol. The molecule has 0 aliphatic carbocycles. The lowest BCUT2D eigenvalue weighted by Crippen LogP contribution is -2.23. The molecule has 1 heterocycles. The zero-order valence-corrected chi connectivity index (χ0v) is 12.6. The molecule has 0 aliphatic rings. The maximum absolute atomic E-state index is 12.1. The van der Waals surface area contributed by atoms with E-state index < -0.39 is 10.8 Å². The Labute approximate surface area is 121 Å². The predicted molar refractivity (Wildman–Crippen MR) is 77.7 cm³/mol. The molecule has 0 amide bonds. The van der Waals surface area contributed by atoms with Crippen LogP contribution in [0.15, 0.2) is 39.8 Å². The second-order valence-corrected chi connectivity index (χ2v) is 6.13. The fourth-order valence-corrected chi connectivity index (χ4v) is 2.91. The standard InChI is InChI=1S/C14H19N3O2S/c1-3-13-15-14(19-16-13)11-17(2)9-10-20(18)12-7-5-4-6-8-12/h4-8H,3,9-11H2,1-2H3. The second-order valence-electron chi connectivity index (χ2n) is 4.56. The minimum atomic E-state index is -0.967. The van der Waals surface area contributed by atoms with Crippen LogP contribution >= 0.6 is 0 Å². The van der Waals surface area contributed by atoms with Gasteiger partial charge < -0.3 is 4.52 Å². The summed E-state index contributed by atoms with van der Waals surface area (Å²) in [7, 11) is 0.990. The number of aromatic nitrogens is 2. The van der Waals surface area contributed by atoms with Gasteiger partial charge in [0.05, 0.1) is 17.3 Å². The Morgan fingerprint density at radius 3 is 2.70 bits per heavy atom. The monoisotopic (exact) mass is 293 g/mol. The van der Waals surface area contributed by atoms with E-state index in [0.29, 0.717) is 24.7 Å². The third kappa shape index (κ3) is 4.25. The molecule has 1 aromatic heterocycles. The van der Waals surface area contributed by atoms with Crippen LogP contribution in [0.4, 0.5) is 0 Å². The Hall–Kier alpha value is -1.53. The maximum Gasteiger partial charge on any atom is 0.240 e. The number of aryl methyl sites for hydroxylation is 1. The van der Waals surface area contributed by atoms with Crippen LogP contribution < -0.4 is 0 Å². The minimum Gasteiger partial charge on any atom is -0.338 e. The van der Waals surface area contributed by atoms with Crippen LogP contribution in [-0.4, -0.2) is 38.6 Å². The molecule has 108 valence electrons. The summed E-state index contributed by atoms with van der Waals surface area (Å²) in [6, 6.07) is 9.51. The lowest BCUT2D eigenvalue weighted by atomic mass is 10.4. The van der Waals surface area contributed by atoms with Crippen LogP contribution in [0.2, 0.25) is 0 Å². The van der Waals surface area contributed by atoms with Crippen molar-refractivity contribution >= 4 is 10.8 Å². The third-order valence-electron chi connectivity index (χ3n) is 2.90. The van der Waals surface area contributed by atoms with Gasteiger partial charge in [0.25, 0.3) is 0 Å². The van der Waals surface area contributed by atoms with E-state index in [-0.39, 0.29) is 0 Å². The van der Waals surface area contributed by atoms with E-state index in [4.69, 9.17) is 4.52 Å². The summed E-state index contributed by atoms with van der Waals surface area (Å²) >= 11 is 0. The van der Waals surface area contributed by atoms with Crippen molar-refractivity contribution in [3.05, 3.63) is 42.0 Å². The summed E-state index contributed by atoms with van der Waals surface area (Å²) in [6.45, 7) is 3.28. The van der Waals surface area contributed by atoms with Gasteiger partial charge in [-0.05, 0) is 19.2 Å². The molecule has 2 rings (SSSR count). The second kappa shape index (κ2) is 7.31. The van der Waals surface area contributed by atoms with E-state index in [1.807, 2.05) is 49.2 Å². The van der Waals surface area contributed by atoms with Crippen LogP contribution in [0.3, 0.4) is 0 Å². The molecule has 0 bridgehead atoms. The first-order valence-corrected chi connectivity index (χ1v) is 7.94. The smallest absolute Gasteiger partial charge is 0.240 e. The van der Waals surface area contributed by atoms with Crippen molar-refractivity contribution in [3.8, 4) is 0 Å². The molecular formula is C14H19N3O2S. The molecule has 0 spiro atoms. The van der Waals surface area contributed by atoms with E-state index in [2.05, 4.69) is 10.1 Å². The SMILES string of the molecule is CCc1noc(CN(C)CCS(=O)c2ccccc2)n1. The van der Waals surface area contributed by atoms with Gasteiger partial charge in [0.15, 0.2) is 5.82 Å². The van der Waals surface area contributed by atoms with Gasteiger partial charge >= 0.3 is 0 Å². The Balaban J connectivity index is 1.80. The third-order valence-corrected chi connectivity index (χ3v) is 4.25. The molecule has 1 unspecified atom stereocenters. The number of benzene rings is 1. The van der Waals surface area contributed by atoms with Gasteiger partial charge in [-0.2, -0.15) is 4.98 Å². The van der Waals surface area contributed by atoms with Crippen LogP contribution in [0.5, 0.6) is 0 Å². The molecule has 0 saturated heterocycles. The Morgan fingerprint density at radius 2 is 2.05 bits per heavy atom. The molecule has 1 aromatic carbocycles. The number of hydrogen-bond donors (Lipinski definition) is 0. The average molecular weight is 293 g/mol. The predicted octanol–water partition coefficient (Wildman–Crippen LogP) is 1.87. The maximum atomic E-state index is 12.1. The molecule has 2 aromatic rings. The first kappa shape index (κ1) is 14.9. The summed E-state index contributed by atoms with van der Waals surface area (Å²) in [5.41, 5.74) is 0. The molecule has 1 atom stereocenters. The van der Waals surface area contributed by atoms with Crippen LogP contribution in [0, 0.1) is 0 Å². The highest BCUT2D eigenvalue weighted by molar-refractivity contribution is 7.85. The van der Waals surface area contributed by atoms with E-state index in [1.165, 1.54) is 0 Å². The van der Waals surface area contributed by atoms with Crippen LogP contribution in [-0.2, 0) is 23.8 Å². The fraction of sp³-hybridized carbons (Fsp3) is 0.429. The van der Waals surface area contributed by atoms with Crippen molar-refractivity contribution in [2.45, 2.75) is 24.8 Å². The lowest BCUT2D eigenvalue weighted by molar-refractivity contribution is 0.277. The zero-order valence-electron chi connectivity index (χ0n) is 11.8. The van der Waals surface area contributed by atoms with Crippen molar-refractivity contribution in [3.63, 3.8) is 0 Å². The summed E-state index contributed by atoms with van der Waals surface area (Å²) in [5.74, 6) is 1.92. The van der Waals surface area contributed by atoms with E-state index >= 15 is 0 Å². The van der Waals surface area contributed by atoms with Crippen molar-refractivity contribution < 1.29 is 8.73 Å². The van der Waals surface area contributed by atoms with Gasteiger partial charge in [0, 0.05) is 23.6 Å². The minimum absolute atomic E-state index is 0.582. The Bertz CT molecular complexity index is 557. The van der Waals surface area contributed by atoms with Crippen LogP contribution in [0.1, 0.15) is 18.6 Å². The largest absolute Gasteiger partial charge is 0.338 e. The van der Waals surface area contributed by atoms with Crippen molar-refractivity contribution in [1.82, 2.24) is 15.0 Å². The van der Waals surface area contributed by atoms with E-state index in [9.17, 15) is 4.21 Å². The number of hydrogen-bond acceptors (Lipinski definition) is 5. The number of rotatable bonds is 7. The van der Waals surface area contributed by atoms with Gasteiger partial charge in [-0.15, -0.1) is 0 Å². The molecule has 0 aliphatic heterocycles. The zero-order chi connectivity index (χ0) is 14.4. The summed E-state index contributed by atoms with van der Waals surface area (Å²) in [5, 5.41) is 3.86. The van der Waals surface area contributed by atoms with Gasteiger partial charge in [-0.1, -0.05) is 30.3 Å². The first-order valence-electron chi connectivity index (χ1n) is 6.62. The molecule has 0 fully saturated rings. The molecule has 0 radical (unpaired) electrons. The highest BCUT2D eigenvalue weighted by Crippen LogP contribution is 2.07. The normalized spacial score (nSPS) is 12.8. The molecule has 0 saturated carbocycles. The van der Waals surface area contributed by atoms with Crippen molar-refractivity contribution in [1.29, 1.82) is 0 Å². The Morgan fingerprint density at radius 1 is 1.30 bits per heavy atom. The Kier molecular flexibility index (Phi) is 5.43. The topological polar surface area (TPSA) is 59.2 Å². The molecule has 0 N–H and O–H groups in total. The molecule has 5 nitrogen and oxygen atoms in total. The summed E-state index contributed by atoms with van der Waals surface area (Å²) in [4.78, 5) is 7.16. The van der Waals surface area contributed by atoms with Gasteiger partial charge in [-0.3, -0.25) is 9.11 Å². The van der Waals surface area contributed by atoms with Crippen molar-refractivity contribution in [2.75, 3.05) is 19.3 Å². The number of nitrogens with zero attached hydrogens (tertiary/aromatic N) is 3. The summed E-state index contributed by atoms with van der Waals surface area (Å²) in [6.07, 6.45) is 0.769. The van der Waals surface area contributed by atoms with Crippen molar-refractivity contribution in [2.24, 2.45) is 0 Å². The average Bonchev–Trinajstić information content (AvgIpc) is 2.93. The van der Waals surface area contributed by atoms with Gasteiger partial charge in [-0.25, -0.2) is 0 Å². The molecule has 6 heteroatoms. The summed E-state index contributed by atoms with van der Waals surface area (Å²) < 4.78 is 17.2. The van der Waals surface area contributed by atoms with E-state index in [0.717, 1.165) is 17.1 Å². The van der Waals surface area contributed by atoms with Crippen LogP contribution in [0.25, 0.3) is 0 Å². The highest BCUT2D eigenvalue weighted by Gasteiger charge is 2.10. The first-order chi connectivity index (χ1) is 9.69. The fourth-order valence-electron chi connectivity index (χ4n) is 1.74. The van der Waals surface area contributed by atoms with Gasteiger partial charge in [0.1, 0.15) is 0 Å². The van der Waals surface area contributed by atoms with E-state index in [1.54, 1.807) is 0 Å². The highest BCUT2D eigenvalue weighted by atomic mass is 32.2. The quantitative estimate of drug-likeness (QED) is 0.780. The molecule has 20 heavy (non-hydrogen) atoms. The van der Waals surface area contributed by atoms with Gasteiger partial charge in [0.2, 0.25) is 5.89 Å². The lowest BCUT2D eigenvalue weighted by Gasteiger charge is -2.13.